The van der Waals surface area contributed by atoms with E-state index in [0.29, 0.717) is 34.6 Å². The number of ether oxygens (including phenoxy) is 1. The van der Waals surface area contributed by atoms with E-state index in [1.54, 1.807) is 51.3 Å². The van der Waals surface area contributed by atoms with E-state index in [1.807, 2.05) is 0 Å². The number of anilines is 1. The second-order valence-corrected chi connectivity index (χ2v) is 8.21. The monoisotopic (exact) mass is 440 g/mol. The Hall–Kier alpha value is -1.90. The molecule has 8 heteroatoms. The van der Waals surface area contributed by atoms with Crippen LogP contribution in [0, 0.1) is 0 Å². The SMILES string of the molecule is CCN(CC)S(=O)(=O)c1cccc(NC(=O)c2ccc(OC)c(Br)c2)c1. The van der Waals surface area contributed by atoms with Crippen molar-refractivity contribution in [3.63, 3.8) is 0 Å². The van der Waals surface area contributed by atoms with Gasteiger partial charge in [-0.3, -0.25) is 4.79 Å². The number of sulfonamides is 1. The fourth-order valence-corrected chi connectivity index (χ4v) is 4.50. The fraction of sp³-hybridized carbons (Fsp3) is 0.278. The molecular formula is C18H21BrN2O4S. The van der Waals surface area contributed by atoms with Gasteiger partial charge < -0.3 is 10.1 Å². The lowest BCUT2D eigenvalue weighted by Gasteiger charge is -2.18. The van der Waals surface area contributed by atoms with Crippen LogP contribution in [0.15, 0.2) is 51.8 Å². The van der Waals surface area contributed by atoms with Crippen molar-refractivity contribution in [2.24, 2.45) is 0 Å². The number of hydrogen-bond donors (Lipinski definition) is 1. The third-order valence-corrected chi connectivity index (χ3v) is 6.51. The van der Waals surface area contributed by atoms with Gasteiger partial charge in [-0.1, -0.05) is 19.9 Å². The maximum Gasteiger partial charge on any atom is 0.255 e. The van der Waals surface area contributed by atoms with Crippen LogP contribution in [0.3, 0.4) is 0 Å². The molecule has 0 aliphatic heterocycles. The highest BCUT2D eigenvalue weighted by atomic mass is 79.9. The van der Waals surface area contributed by atoms with Crippen LogP contribution in [0.4, 0.5) is 5.69 Å². The molecule has 0 aliphatic rings. The molecule has 140 valence electrons. The van der Waals surface area contributed by atoms with Gasteiger partial charge in [-0.2, -0.15) is 4.31 Å². The highest BCUT2D eigenvalue weighted by Gasteiger charge is 2.22. The summed E-state index contributed by atoms with van der Waals surface area (Å²) in [5.41, 5.74) is 0.838. The summed E-state index contributed by atoms with van der Waals surface area (Å²) in [4.78, 5) is 12.6. The molecule has 0 saturated heterocycles. The van der Waals surface area contributed by atoms with Gasteiger partial charge >= 0.3 is 0 Å². The van der Waals surface area contributed by atoms with E-state index in [4.69, 9.17) is 4.74 Å². The molecule has 26 heavy (non-hydrogen) atoms. The molecule has 0 aromatic heterocycles. The number of benzene rings is 2. The highest BCUT2D eigenvalue weighted by Crippen LogP contribution is 2.26. The van der Waals surface area contributed by atoms with Gasteiger partial charge in [0.15, 0.2) is 0 Å². The topological polar surface area (TPSA) is 75.7 Å². The second-order valence-electron chi connectivity index (χ2n) is 5.42. The third-order valence-electron chi connectivity index (χ3n) is 3.85. The number of amides is 1. The van der Waals surface area contributed by atoms with Crippen molar-refractivity contribution >= 4 is 37.5 Å². The summed E-state index contributed by atoms with van der Waals surface area (Å²) < 4.78 is 32.4. The van der Waals surface area contributed by atoms with Crippen LogP contribution in [-0.2, 0) is 10.0 Å². The molecule has 0 heterocycles. The molecule has 0 bridgehead atoms. The smallest absolute Gasteiger partial charge is 0.255 e. The number of hydrogen-bond acceptors (Lipinski definition) is 4. The van der Waals surface area contributed by atoms with Crippen molar-refractivity contribution in [2.75, 3.05) is 25.5 Å². The van der Waals surface area contributed by atoms with E-state index in [1.165, 1.54) is 16.4 Å². The van der Waals surface area contributed by atoms with E-state index in [-0.39, 0.29) is 10.8 Å². The van der Waals surface area contributed by atoms with Crippen LogP contribution >= 0.6 is 15.9 Å². The van der Waals surface area contributed by atoms with Crippen molar-refractivity contribution in [3.05, 3.63) is 52.5 Å². The van der Waals surface area contributed by atoms with Gasteiger partial charge in [-0.05, 0) is 52.3 Å². The molecule has 0 aliphatic carbocycles. The first-order chi connectivity index (χ1) is 12.3. The number of halogens is 1. The summed E-state index contributed by atoms with van der Waals surface area (Å²) in [6.45, 7) is 4.34. The lowest BCUT2D eigenvalue weighted by Crippen LogP contribution is -2.30. The Morgan fingerprint density at radius 3 is 2.42 bits per heavy atom. The maximum absolute atomic E-state index is 12.6. The minimum atomic E-state index is -3.58. The zero-order chi connectivity index (χ0) is 19.3. The third kappa shape index (κ3) is 4.44. The van der Waals surface area contributed by atoms with Crippen LogP contribution in [0.25, 0.3) is 0 Å². The van der Waals surface area contributed by atoms with Crippen LogP contribution in [0.1, 0.15) is 24.2 Å². The van der Waals surface area contributed by atoms with Crippen LogP contribution in [0.5, 0.6) is 5.75 Å². The second kappa shape index (κ2) is 8.66. The average Bonchev–Trinajstić information content (AvgIpc) is 2.62. The molecule has 2 rings (SSSR count). The molecule has 0 spiro atoms. The van der Waals surface area contributed by atoms with Crippen molar-refractivity contribution in [3.8, 4) is 5.75 Å². The van der Waals surface area contributed by atoms with E-state index in [0.717, 1.165) is 0 Å². The van der Waals surface area contributed by atoms with E-state index < -0.39 is 10.0 Å². The van der Waals surface area contributed by atoms with E-state index in [2.05, 4.69) is 21.2 Å². The summed E-state index contributed by atoms with van der Waals surface area (Å²) in [7, 11) is -2.04. The highest BCUT2D eigenvalue weighted by molar-refractivity contribution is 9.10. The molecular weight excluding hydrogens is 420 g/mol. The molecule has 1 N–H and O–H groups in total. The number of nitrogens with zero attached hydrogens (tertiary/aromatic N) is 1. The van der Waals surface area contributed by atoms with Crippen molar-refractivity contribution in [1.29, 1.82) is 0 Å². The predicted octanol–water partition coefficient (Wildman–Crippen LogP) is 3.74. The first-order valence-corrected chi connectivity index (χ1v) is 10.3. The molecule has 1 amide bonds. The van der Waals surface area contributed by atoms with Crippen LogP contribution < -0.4 is 10.1 Å². The largest absolute Gasteiger partial charge is 0.496 e. The molecule has 2 aromatic rings. The van der Waals surface area contributed by atoms with Gasteiger partial charge in [0, 0.05) is 24.3 Å². The van der Waals surface area contributed by atoms with Crippen molar-refractivity contribution in [1.82, 2.24) is 4.31 Å². The van der Waals surface area contributed by atoms with Crippen molar-refractivity contribution < 1.29 is 17.9 Å². The van der Waals surface area contributed by atoms with Gasteiger partial charge in [0.2, 0.25) is 10.0 Å². The average molecular weight is 441 g/mol. The minimum absolute atomic E-state index is 0.148. The number of carbonyl (C=O) groups excluding carboxylic acids is 1. The molecule has 0 fully saturated rings. The Morgan fingerprint density at radius 2 is 1.85 bits per heavy atom. The number of methoxy groups -OCH3 is 1. The first kappa shape index (κ1) is 20.4. The molecule has 0 unspecified atom stereocenters. The number of carbonyl (C=O) groups is 1. The fourth-order valence-electron chi connectivity index (χ4n) is 2.46. The molecule has 0 saturated carbocycles. The minimum Gasteiger partial charge on any atom is -0.496 e. The van der Waals surface area contributed by atoms with Gasteiger partial charge in [0.1, 0.15) is 5.75 Å². The summed E-state index contributed by atoms with van der Waals surface area (Å²) in [6.07, 6.45) is 0. The summed E-state index contributed by atoms with van der Waals surface area (Å²) in [5, 5.41) is 2.73. The number of rotatable bonds is 7. The molecule has 2 aromatic carbocycles. The van der Waals surface area contributed by atoms with E-state index in [9.17, 15) is 13.2 Å². The molecule has 0 radical (unpaired) electrons. The van der Waals surface area contributed by atoms with Crippen LogP contribution in [-0.4, -0.2) is 38.8 Å². The first-order valence-electron chi connectivity index (χ1n) is 8.08. The van der Waals surface area contributed by atoms with Gasteiger partial charge in [-0.15, -0.1) is 0 Å². The predicted molar refractivity (Wildman–Crippen MR) is 105 cm³/mol. The van der Waals surface area contributed by atoms with E-state index >= 15 is 0 Å². The van der Waals surface area contributed by atoms with Crippen LogP contribution in [0.2, 0.25) is 0 Å². The molecule has 0 atom stereocenters. The maximum atomic E-state index is 12.6. The van der Waals surface area contributed by atoms with Gasteiger partial charge in [0.05, 0.1) is 16.5 Å². The van der Waals surface area contributed by atoms with Gasteiger partial charge in [0.25, 0.3) is 5.91 Å². The Labute approximate surface area is 162 Å². The Morgan fingerprint density at radius 1 is 1.15 bits per heavy atom. The standard InChI is InChI=1S/C18H21BrN2O4S/c1-4-21(5-2)26(23,24)15-8-6-7-14(12-15)20-18(22)13-9-10-17(25-3)16(19)11-13/h6-12H,4-5H2,1-3H3,(H,20,22). The van der Waals surface area contributed by atoms with Crippen molar-refractivity contribution in [2.45, 2.75) is 18.7 Å². The summed E-state index contributed by atoms with van der Waals surface area (Å²) >= 11 is 3.34. The Kier molecular flexibility index (Phi) is 6.80. The Bertz CT molecular complexity index is 896. The zero-order valence-electron chi connectivity index (χ0n) is 14.8. The number of nitrogens with one attached hydrogen (secondary N) is 1. The zero-order valence-corrected chi connectivity index (χ0v) is 17.2. The lowest BCUT2D eigenvalue weighted by atomic mass is 10.2. The quantitative estimate of drug-likeness (QED) is 0.711. The lowest BCUT2D eigenvalue weighted by molar-refractivity contribution is 0.102. The molecule has 6 nitrogen and oxygen atoms in total. The van der Waals surface area contributed by atoms with Gasteiger partial charge in [-0.25, -0.2) is 8.42 Å². The Balaban J connectivity index is 2.26. The summed E-state index contributed by atoms with van der Waals surface area (Å²) in [5.74, 6) is 0.277. The summed E-state index contributed by atoms with van der Waals surface area (Å²) in [6, 6.07) is 11.2. The normalized spacial score (nSPS) is 11.4.